The van der Waals surface area contributed by atoms with Crippen molar-refractivity contribution < 1.29 is 9.90 Å². The molecule has 0 aromatic heterocycles. The average molecular weight is 234 g/mol. The zero-order chi connectivity index (χ0) is 12.8. The van der Waals surface area contributed by atoms with Crippen molar-refractivity contribution in [1.82, 2.24) is 0 Å². The van der Waals surface area contributed by atoms with Gasteiger partial charge in [-0.3, -0.25) is 4.79 Å². The molecule has 0 bridgehead atoms. The van der Waals surface area contributed by atoms with Crippen LogP contribution in [-0.4, -0.2) is 11.1 Å². The van der Waals surface area contributed by atoms with E-state index in [1.54, 1.807) is 0 Å². The first-order chi connectivity index (χ1) is 8.06. The lowest BCUT2D eigenvalue weighted by molar-refractivity contribution is -0.139. The van der Waals surface area contributed by atoms with Gasteiger partial charge in [-0.15, -0.1) is 0 Å². The van der Waals surface area contributed by atoms with E-state index in [1.165, 1.54) is 18.4 Å². The molecule has 0 amide bonds. The molecule has 0 saturated carbocycles. The van der Waals surface area contributed by atoms with E-state index in [9.17, 15) is 9.90 Å². The molecule has 1 atom stereocenters. The van der Waals surface area contributed by atoms with Gasteiger partial charge in [0.1, 0.15) is 0 Å². The van der Waals surface area contributed by atoms with Crippen LogP contribution in [0.4, 0.5) is 0 Å². The molecule has 1 rings (SSSR count). The number of aliphatic carboxylic acids is 1. The summed E-state index contributed by atoms with van der Waals surface area (Å²) in [5.41, 5.74) is 2.20. The second-order valence-electron chi connectivity index (χ2n) is 4.91. The first-order valence-electron chi connectivity index (χ1n) is 6.38. The van der Waals surface area contributed by atoms with Gasteiger partial charge >= 0.3 is 5.97 Å². The summed E-state index contributed by atoms with van der Waals surface area (Å²) in [5, 5.41) is 9.21. The lowest BCUT2D eigenvalue weighted by atomic mass is 9.88. The summed E-state index contributed by atoms with van der Waals surface area (Å²) in [4.78, 5) is 11.2. The van der Waals surface area contributed by atoms with Crippen LogP contribution in [0.5, 0.6) is 0 Å². The smallest absolute Gasteiger partial charge is 0.311 e. The summed E-state index contributed by atoms with van der Waals surface area (Å²) in [6.45, 7) is 6.07. The maximum Gasteiger partial charge on any atom is 0.311 e. The van der Waals surface area contributed by atoms with E-state index in [1.807, 2.05) is 26.0 Å². The fourth-order valence-electron chi connectivity index (χ4n) is 2.09. The molecule has 17 heavy (non-hydrogen) atoms. The molecule has 1 N–H and O–H groups in total. The van der Waals surface area contributed by atoms with Crippen LogP contribution < -0.4 is 0 Å². The molecule has 0 saturated heterocycles. The Morgan fingerprint density at radius 3 is 2.24 bits per heavy atom. The fraction of sp³-hybridized carbons (Fsp3) is 0.533. The van der Waals surface area contributed by atoms with Gasteiger partial charge in [-0.05, 0) is 29.9 Å². The summed E-state index contributed by atoms with van der Waals surface area (Å²) >= 11 is 0. The van der Waals surface area contributed by atoms with Crippen molar-refractivity contribution in [1.29, 1.82) is 0 Å². The standard InChI is InChI=1S/C15H22O2/c1-4-5-6-12-7-9-13(10-8-12)14(11(2)3)15(16)17/h7-11,14H,4-6H2,1-3H3,(H,16,17). The molecule has 0 spiro atoms. The zero-order valence-electron chi connectivity index (χ0n) is 10.9. The van der Waals surface area contributed by atoms with Gasteiger partial charge < -0.3 is 5.11 Å². The highest BCUT2D eigenvalue weighted by atomic mass is 16.4. The van der Waals surface area contributed by atoms with Crippen molar-refractivity contribution in [3.8, 4) is 0 Å². The topological polar surface area (TPSA) is 37.3 Å². The van der Waals surface area contributed by atoms with Crippen molar-refractivity contribution in [2.75, 3.05) is 0 Å². The van der Waals surface area contributed by atoms with E-state index >= 15 is 0 Å². The molecule has 1 unspecified atom stereocenters. The van der Waals surface area contributed by atoms with E-state index in [4.69, 9.17) is 0 Å². The fourth-order valence-corrected chi connectivity index (χ4v) is 2.09. The van der Waals surface area contributed by atoms with Crippen LogP contribution in [0.3, 0.4) is 0 Å². The van der Waals surface area contributed by atoms with Gasteiger partial charge in [-0.25, -0.2) is 0 Å². The Labute approximate surface area is 104 Å². The number of carbonyl (C=O) groups is 1. The van der Waals surface area contributed by atoms with Crippen molar-refractivity contribution >= 4 is 5.97 Å². The Kier molecular flexibility index (Phi) is 5.20. The molecule has 94 valence electrons. The van der Waals surface area contributed by atoms with Crippen LogP contribution in [0.1, 0.15) is 50.7 Å². The highest BCUT2D eigenvalue weighted by Gasteiger charge is 2.23. The third kappa shape index (κ3) is 3.88. The number of unbranched alkanes of at least 4 members (excludes halogenated alkanes) is 1. The molecule has 0 fully saturated rings. The van der Waals surface area contributed by atoms with Gasteiger partial charge in [-0.2, -0.15) is 0 Å². The third-order valence-electron chi connectivity index (χ3n) is 3.09. The molecule has 0 aliphatic carbocycles. The Balaban J connectivity index is 2.81. The monoisotopic (exact) mass is 234 g/mol. The van der Waals surface area contributed by atoms with Gasteiger partial charge in [-0.1, -0.05) is 51.5 Å². The zero-order valence-corrected chi connectivity index (χ0v) is 10.9. The minimum atomic E-state index is -0.735. The molecule has 1 aromatic carbocycles. The van der Waals surface area contributed by atoms with E-state index < -0.39 is 11.9 Å². The third-order valence-corrected chi connectivity index (χ3v) is 3.09. The summed E-state index contributed by atoms with van der Waals surface area (Å²) < 4.78 is 0. The number of carboxylic acid groups (broad SMARTS) is 1. The van der Waals surface area contributed by atoms with E-state index in [0.29, 0.717) is 0 Å². The van der Waals surface area contributed by atoms with Crippen LogP contribution in [0.2, 0.25) is 0 Å². The predicted octanol–water partition coefficient (Wildman–Crippen LogP) is 3.85. The minimum Gasteiger partial charge on any atom is -0.481 e. The van der Waals surface area contributed by atoms with Crippen LogP contribution >= 0.6 is 0 Å². The second-order valence-corrected chi connectivity index (χ2v) is 4.91. The lowest BCUT2D eigenvalue weighted by Gasteiger charge is -2.16. The summed E-state index contributed by atoms with van der Waals surface area (Å²) in [5.74, 6) is -1.01. The highest BCUT2D eigenvalue weighted by Crippen LogP contribution is 2.25. The second kappa shape index (κ2) is 6.43. The lowest BCUT2D eigenvalue weighted by Crippen LogP contribution is -2.17. The van der Waals surface area contributed by atoms with Crippen LogP contribution in [0.25, 0.3) is 0 Å². The van der Waals surface area contributed by atoms with Gasteiger partial charge in [0.15, 0.2) is 0 Å². The molecular weight excluding hydrogens is 212 g/mol. The van der Waals surface area contributed by atoms with Gasteiger partial charge in [0, 0.05) is 0 Å². The van der Waals surface area contributed by atoms with E-state index in [2.05, 4.69) is 19.1 Å². The number of rotatable bonds is 6. The molecular formula is C15H22O2. The molecule has 0 heterocycles. The molecule has 2 heteroatoms. The minimum absolute atomic E-state index is 0.119. The normalized spacial score (nSPS) is 12.7. The maximum absolute atomic E-state index is 11.2. The molecule has 0 radical (unpaired) electrons. The van der Waals surface area contributed by atoms with Crippen LogP contribution in [-0.2, 0) is 11.2 Å². The van der Waals surface area contributed by atoms with Gasteiger partial charge in [0.05, 0.1) is 5.92 Å². The van der Waals surface area contributed by atoms with Crippen molar-refractivity contribution in [3.63, 3.8) is 0 Å². The largest absolute Gasteiger partial charge is 0.481 e. The first kappa shape index (κ1) is 13.8. The highest BCUT2D eigenvalue weighted by molar-refractivity contribution is 5.76. The molecule has 0 aliphatic heterocycles. The number of carboxylic acids is 1. The number of hydrogen-bond donors (Lipinski definition) is 1. The van der Waals surface area contributed by atoms with E-state index in [0.717, 1.165) is 12.0 Å². The summed E-state index contributed by atoms with van der Waals surface area (Å²) in [6, 6.07) is 8.04. The van der Waals surface area contributed by atoms with Crippen molar-refractivity contribution in [2.45, 2.75) is 46.0 Å². The van der Waals surface area contributed by atoms with E-state index in [-0.39, 0.29) is 5.92 Å². The van der Waals surface area contributed by atoms with Crippen LogP contribution in [0, 0.1) is 5.92 Å². The number of hydrogen-bond acceptors (Lipinski definition) is 1. The quantitative estimate of drug-likeness (QED) is 0.811. The Hall–Kier alpha value is -1.31. The van der Waals surface area contributed by atoms with Crippen LogP contribution in [0.15, 0.2) is 24.3 Å². The SMILES string of the molecule is CCCCc1ccc(C(C(=O)O)C(C)C)cc1. The summed E-state index contributed by atoms with van der Waals surface area (Å²) in [6.07, 6.45) is 3.45. The number of benzene rings is 1. The predicted molar refractivity (Wildman–Crippen MR) is 70.3 cm³/mol. The maximum atomic E-state index is 11.2. The molecule has 1 aromatic rings. The van der Waals surface area contributed by atoms with Crippen molar-refractivity contribution in [3.05, 3.63) is 35.4 Å². The first-order valence-corrected chi connectivity index (χ1v) is 6.38. The average Bonchev–Trinajstić information content (AvgIpc) is 2.27. The Morgan fingerprint density at radius 1 is 1.24 bits per heavy atom. The summed E-state index contributed by atoms with van der Waals surface area (Å²) in [7, 11) is 0. The van der Waals surface area contributed by atoms with Gasteiger partial charge in [0.25, 0.3) is 0 Å². The molecule has 2 nitrogen and oxygen atoms in total. The van der Waals surface area contributed by atoms with Gasteiger partial charge in [0.2, 0.25) is 0 Å². The Bertz CT molecular complexity index is 352. The Morgan fingerprint density at radius 2 is 1.82 bits per heavy atom. The molecule has 0 aliphatic rings. The van der Waals surface area contributed by atoms with Crippen molar-refractivity contribution in [2.24, 2.45) is 5.92 Å². The number of aryl methyl sites for hydroxylation is 1.